The second kappa shape index (κ2) is 12.1. The first-order valence-electron chi connectivity index (χ1n) is 13.4. The summed E-state index contributed by atoms with van der Waals surface area (Å²) in [6, 6.07) is 26.0. The van der Waals surface area contributed by atoms with Gasteiger partial charge in [-0.2, -0.15) is 0 Å². The van der Waals surface area contributed by atoms with Gasteiger partial charge in [-0.3, -0.25) is 5.41 Å². The van der Waals surface area contributed by atoms with E-state index in [9.17, 15) is 5.11 Å². The zero-order chi connectivity index (χ0) is 30.2. The van der Waals surface area contributed by atoms with E-state index in [1.165, 1.54) is 16.8 Å². The van der Waals surface area contributed by atoms with Gasteiger partial charge in [0.1, 0.15) is 28.7 Å². The van der Waals surface area contributed by atoms with E-state index in [1.54, 1.807) is 14.2 Å². The third kappa shape index (κ3) is 5.76. The van der Waals surface area contributed by atoms with E-state index in [-0.39, 0.29) is 12.1 Å². The Morgan fingerprint density at radius 3 is 2.02 bits per heavy atom. The number of ether oxygens (including phenoxy) is 4. The molecule has 1 unspecified atom stereocenters. The van der Waals surface area contributed by atoms with Crippen molar-refractivity contribution in [3.8, 4) is 17.5 Å². The SMILES string of the molecule is COc1ccc(C(OC[C@H]2O[C@@H](n3ccc(=N)nc3[O-])[C@@H]3O[P+]([S-])(S)O[C@@H]32)(c2ccccc2)c2ccc(OC)cc2)cc1. The van der Waals surface area contributed by atoms with Crippen LogP contribution in [0.5, 0.6) is 17.5 Å². The molecule has 0 spiro atoms. The number of rotatable bonds is 9. The maximum Gasteiger partial charge on any atom is 0.216 e. The molecule has 2 saturated heterocycles. The van der Waals surface area contributed by atoms with Gasteiger partial charge in [-0.15, -0.1) is 0 Å². The number of hydrogen-bond acceptors (Lipinski definition) is 11. The van der Waals surface area contributed by atoms with Gasteiger partial charge in [0, 0.05) is 18.4 Å². The third-order valence-corrected chi connectivity index (χ3v) is 9.64. The second-order valence-electron chi connectivity index (χ2n) is 9.99. The Morgan fingerprint density at radius 2 is 1.47 bits per heavy atom. The van der Waals surface area contributed by atoms with E-state index in [2.05, 4.69) is 17.2 Å². The highest BCUT2D eigenvalue weighted by Crippen LogP contribution is 2.72. The minimum Gasteiger partial charge on any atom is -0.846 e. The topological polar surface area (TPSA) is 120 Å². The number of benzene rings is 3. The van der Waals surface area contributed by atoms with Gasteiger partial charge in [-0.05, 0) is 47.0 Å². The summed E-state index contributed by atoms with van der Waals surface area (Å²) in [4.78, 5) is 3.74. The normalized spacial score (nSPS) is 24.9. The van der Waals surface area contributed by atoms with Gasteiger partial charge in [0.25, 0.3) is 0 Å². The van der Waals surface area contributed by atoms with Gasteiger partial charge in [-0.1, -0.05) is 54.6 Å². The first-order chi connectivity index (χ1) is 20.7. The lowest BCUT2D eigenvalue weighted by molar-refractivity contribution is -0.291. The Kier molecular flexibility index (Phi) is 8.45. The maximum absolute atomic E-state index is 12.7. The molecule has 0 bridgehead atoms. The van der Waals surface area contributed by atoms with E-state index in [4.69, 9.17) is 45.7 Å². The Morgan fingerprint density at radius 1 is 0.907 bits per heavy atom. The molecule has 3 aromatic carbocycles. The van der Waals surface area contributed by atoms with E-state index in [0.29, 0.717) is 11.5 Å². The van der Waals surface area contributed by atoms with Crippen molar-refractivity contribution < 1.29 is 33.1 Å². The standard InChI is InChI=1S/C30H30N3O7PS2/c1-35-22-12-8-20(9-13-22)30(19-6-4-3-5-7-19,21-10-14-23(36-2)15-11-21)37-18-24-26-27(40-41(42,43)39-26)28(38-24)33-17-16-25(31)32-29(33)34/h3-17,24,26-28H,18H2,1-2H3,(H,42,43)(H2,31,32,34)/p-1/t24-,26-,27-,28-/m1/s1. The van der Waals surface area contributed by atoms with Crippen molar-refractivity contribution in [2.24, 2.45) is 0 Å². The second-order valence-corrected chi connectivity index (χ2v) is 15.2. The van der Waals surface area contributed by atoms with Crippen LogP contribution in [0.2, 0.25) is 0 Å². The van der Waals surface area contributed by atoms with Gasteiger partial charge in [0.2, 0.25) is 6.12 Å². The third-order valence-electron chi connectivity index (χ3n) is 7.54. The van der Waals surface area contributed by atoms with E-state index < -0.39 is 42.3 Å². The summed E-state index contributed by atoms with van der Waals surface area (Å²) in [6.07, 6.45) is -4.41. The monoisotopic (exact) mass is 638 g/mol. The fourth-order valence-corrected chi connectivity index (χ4v) is 7.92. The van der Waals surface area contributed by atoms with Crippen LogP contribution in [-0.2, 0) is 36.4 Å². The van der Waals surface area contributed by atoms with Crippen LogP contribution in [0, 0.1) is 5.41 Å². The van der Waals surface area contributed by atoms with Crippen molar-refractivity contribution in [1.29, 1.82) is 5.41 Å². The Balaban J connectivity index is 1.42. The van der Waals surface area contributed by atoms with Gasteiger partial charge in [-0.25, -0.2) is 14.0 Å². The number of fused-ring (bicyclic) bond motifs is 1. The summed E-state index contributed by atoms with van der Waals surface area (Å²) in [7, 11) is 3.24. The van der Waals surface area contributed by atoms with Crippen LogP contribution >= 0.6 is 18.4 Å². The molecular formula is C30H29N3O7PS2-. The summed E-state index contributed by atoms with van der Waals surface area (Å²) in [5.41, 5.74) is 1.34. The molecule has 10 nitrogen and oxygen atoms in total. The van der Waals surface area contributed by atoms with Crippen LogP contribution in [0.3, 0.4) is 0 Å². The van der Waals surface area contributed by atoms with E-state index >= 15 is 0 Å². The van der Waals surface area contributed by atoms with Crippen molar-refractivity contribution in [2.45, 2.75) is 30.1 Å². The molecule has 0 aliphatic carbocycles. The lowest BCUT2D eigenvalue weighted by Crippen LogP contribution is -2.39. The molecule has 2 aliphatic rings. The van der Waals surface area contributed by atoms with Gasteiger partial charge in [0.05, 0.1) is 26.8 Å². The van der Waals surface area contributed by atoms with Crippen LogP contribution in [0.1, 0.15) is 22.9 Å². The van der Waals surface area contributed by atoms with Crippen molar-refractivity contribution in [3.63, 3.8) is 0 Å². The smallest absolute Gasteiger partial charge is 0.216 e. The van der Waals surface area contributed by atoms with Crippen LogP contribution in [-0.4, -0.2) is 48.7 Å². The summed E-state index contributed by atoms with van der Waals surface area (Å²) in [5, 5.41) is 20.4. The lowest BCUT2D eigenvalue weighted by atomic mass is 9.80. The number of hydrogen-bond donors (Lipinski definition) is 2. The highest BCUT2D eigenvalue weighted by Gasteiger charge is 2.60. The Bertz CT molecular complexity index is 1580. The summed E-state index contributed by atoms with van der Waals surface area (Å²) in [6.45, 7) is 0.0375. The first-order valence-corrected chi connectivity index (χ1v) is 17.2. The number of nitrogens with zero attached hydrogens (tertiary/aromatic N) is 2. The van der Waals surface area contributed by atoms with Crippen molar-refractivity contribution in [1.82, 2.24) is 9.55 Å². The zero-order valence-electron chi connectivity index (χ0n) is 23.2. The number of methoxy groups -OCH3 is 2. The molecule has 2 aliphatic heterocycles. The number of aromatic nitrogens is 2. The molecular weight excluding hydrogens is 609 g/mol. The highest BCUT2D eigenvalue weighted by molar-refractivity contribution is 8.76. The van der Waals surface area contributed by atoms with Gasteiger partial charge >= 0.3 is 0 Å². The van der Waals surface area contributed by atoms with Gasteiger partial charge < -0.3 is 40.9 Å². The number of nitrogens with one attached hydrogen (secondary N) is 1. The minimum absolute atomic E-state index is 0.0375. The average molecular weight is 639 g/mol. The largest absolute Gasteiger partial charge is 0.846 e. The number of thiol groups is 1. The molecule has 13 heteroatoms. The molecule has 5 atom stereocenters. The maximum atomic E-state index is 12.7. The fourth-order valence-electron chi connectivity index (χ4n) is 5.53. The van der Waals surface area contributed by atoms with E-state index in [1.807, 2.05) is 78.9 Å². The molecule has 2 fully saturated rings. The molecule has 1 N–H and O–H groups in total. The lowest BCUT2D eigenvalue weighted by Gasteiger charge is -2.37. The fraction of sp³-hybridized carbons (Fsp3) is 0.267. The Hall–Kier alpha value is -3.09. The molecule has 3 heterocycles. The molecule has 1 aromatic heterocycles. The minimum atomic E-state index is -2.91. The molecule has 0 radical (unpaired) electrons. The summed E-state index contributed by atoms with van der Waals surface area (Å²) >= 11 is 9.94. The summed E-state index contributed by atoms with van der Waals surface area (Å²) in [5.74, 6) is 1.41. The van der Waals surface area contributed by atoms with Crippen LogP contribution in [0.25, 0.3) is 0 Å². The molecule has 224 valence electrons. The van der Waals surface area contributed by atoms with E-state index in [0.717, 1.165) is 16.7 Å². The quantitative estimate of drug-likeness (QED) is 0.120. The molecule has 0 amide bonds. The van der Waals surface area contributed by atoms with Gasteiger partial charge in [0.15, 0.2) is 18.4 Å². The molecule has 6 rings (SSSR count). The highest BCUT2D eigenvalue weighted by atomic mass is 33.1. The first kappa shape index (κ1) is 30.0. The molecule has 43 heavy (non-hydrogen) atoms. The van der Waals surface area contributed by atoms with Crippen LogP contribution in [0.4, 0.5) is 0 Å². The molecule has 0 saturated carbocycles. The average Bonchev–Trinajstić information content (AvgIpc) is 3.51. The van der Waals surface area contributed by atoms with Crippen LogP contribution in [0.15, 0.2) is 91.1 Å². The predicted octanol–water partition coefficient (Wildman–Crippen LogP) is 4.30. The van der Waals surface area contributed by atoms with Crippen LogP contribution < -0.4 is 20.1 Å². The van der Waals surface area contributed by atoms with Crippen molar-refractivity contribution >= 4 is 30.6 Å². The van der Waals surface area contributed by atoms with Crippen molar-refractivity contribution in [2.75, 3.05) is 20.8 Å². The summed E-state index contributed by atoms with van der Waals surface area (Å²) < 4.78 is 37.7. The van der Waals surface area contributed by atoms with Crippen molar-refractivity contribution in [3.05, 3.63) is 113 Å². The Labute approximate surface area is 259 Å². The predicted molar refractivity (Wildman–Crippen MR) is 163 cm³/mol. The zero-order valence-corrected chi connectivity index (χ0v) is 25.8. The molecule has 4 aromatic rings.